The molecule has 1 aromatic carbocycles. The van der Waals surface area contributed by atoms with Crippen molar-refractivity contribution in [1.29, 1.82) is 0 Å². The number of sulfonamides is 1. The van der Waals surface area contributed by atoms with Crippen LogP contribution in [0.4, 0.5) is 10.2 Å². The fraction of sp³-hybridized carbons (Fsp3) is 0.421. The van der Waals surface area contributed by atoms with Gasteiger partial charge in [-0.15, -0.1) is 0 Å². The van der Waals surface area contributed by atoms with Crippen LogP contribution in [-0.4, -0.2) is 58.4 Å². The molecular formula is C19H21FN6O2S. The van der Waals surface area contributed by atoms with Crippen LogP contribution < -0.4 is 4.90 Å². The molecule has 3 aromatic rings. The average Bonchev–Trinajstić information content (AvgIpc) is 3.40. The first-order valence-electron chi connectivity index (χ1n) is 9.64. The number of hydrogen-bond acceptors (Lipinski definition) is 6. The third-order valence-corrected chi connectivity index (χ3v) is 7.79. The van der Waals surface area contributed by atoms with E-state index in [1.165, 1.54) is 22.5 Å². The predicted octanol–water partition coefficient (Wildman–Crippen LogP) is 1.74. The largest absolute Gasteiger partial charge is 0.354 e. The number of rotatable bonds is 4. The summed E-state index contributed by atoms with van der Waals surface area (Å²) < 4.78 is 43.2. The molecule has 10 heteroatoms. The molecule has 2 atom stereocenters. The molecule has 5 rings (SSSR count). The molecule has 0 spiro atoms. The van der Waals surface area contributed by atoms with Crippen molar-refractivity contribution in [2.75, 3.05) is 31.1 Å². The van der Waals surface area contributed by atoms with Crippen LogP contribution in [-0.2, 0) is 16.6 Å². The number of hydrogen-bond donors (Lipinski definition) is 0. The van der Waals surface area contributed by atoms with Crippen molar-refractivity contribution >= 4 is 27.0 Å². The zero-order chi connectivity index (χ0) is 20.2. The quantitative estimate of drug-likeness (QED) is 0.644. The lowest BCUT2D eigenvalue weighted by Crippen LogP contribution is -2.34. The van der Waals surface area contributed by atoms with Gasteiger partial charge in [-0.25, -0.2) is 27.8 Å². The SMILES string of the molecule is CCn1cnc2c(N3CC4CN(S(=O)(=O)c5ccccc5F)CC4C3)ncnc21. The van der Waals surface area contributed by atoms with Gasteiger partial charge in [-0.05, 0) is 30.9 Å². The van der Waals surface area contributed by atoms with Gasteiger partial charge in [0.05, 0.1) is 6.33 Å². The second-order valence-corrected chi connectivity index (χ2v) is 9.48. The maximum absolute atomic E-state index is 14.1. The van der Waals surface area contributed by atoms with Crippen LogP contribution in [0.2, 0.25) is 0 Å². The van der Waals surface area contributed by atoms with Crippen molar-refractivity contribution in [2.45, 2.75) is 18.4 Å². The third-order valence-electron chi connectivity index (χ3n) is 5.93. The van der Waals surface area contributed by atoms with Gasteiger partial charge in [-0.3, -0.25) is 0 Å². The van der Waals surface area contributed by atoms with Crippen molar-refractivity contribution in [2.24, 2.45) is 11.8 Å². The Morgan fingerprint density at radius 1 is 1.07 bits per heavy atom. The van der Waals surface area contributed by atoms with Crippen molar-refractivity contribution < 1.29 is 12.8 Å². The summed E-state index contributed by atoms with van der Waals surface area (Å²) in [6.45, 7) is 4.97. The van der Waals surface area contributed by atoms with E-state index in [9.17, 15) is 12.8 Å². The molecule has 2 aromatic heterocycles. The molecule has 0 amide bonds. The monoisotopic (exact) mass is 416 g/mol. The summed E-state index contributed by atoms with van der Waals surface area (Å²) in [7, 11) is -3.83. The van der Waals surface area contributed by atoms with E-state index >= 15 is 0 Å². The van der Waals surface area contributed by atoms with Crippen LogP contribution in [0.15, 0.2) is 41.8 Å². The van der Waals surface area contributed by atoms with E-state index in [1.54, 1.807) is 18.7 Å². The number of aryl methyl sites for hydroxylation is 1. The number of benzene rings is 1. The zero-order valence-corrected chi connectivity index (χ0v) is 16.8. The molecular weight excluding hydrogens is 395 g/mol. The van der Waals surface area contributed by atoms with Gasteiger partial charge in [0.25, 0.3) is 0 Å². The number of fused-ring (bicyclic) bond motifs is 2. The smallest absolute Gasteiger partial charge is 0.246 e. The highest BCUT2D eigenvalue weighted by Crippen LogP contribution is 2.37. The van der Waals surface area contributed by atoms with E-state index in [0.29, 0.717) is 26.2 Å². The summed E-state index contributed by atoms with van der Waals surface area (Å²) in [4.78, 5) is 15.2. The van der Waals surface area contributed by atoms with Crippen LogP contribution in [0, 0.1) is 17.7 Å². The van der Waals surface area contributed by atoms with Crippen LogP contribution in [0.5, 0.6) is 0 Å². The van der Waals surface area contributed by atoms with Gasteiger partial charge in [0.15, 0.2) is 17.0 Å². The molecule has 2 fully saturated rings. The standard InChI is InChI=1S/C19H21FN6O2S/c1-2-24-12-23-17-18(24)21-11-22-19(17)25-7-13-9-26(10-14(13)8-25)29(27,28)16-6-4-3-5-15(16)20/h3-6,11-14H,2,7-10H2,1H3. The molecule has 0 aliphatic carbocycles. The van der Waals surface area contributed by atoms with Gasteiger partial charge < -0.3 is 9.47 Å². The van der Waals surface area contributed by atoms with Gasteiger partial charge in [-0.2, -0.15) is 4.31 Å². The summed E-state index contributed by atoms with van der Waals surface area (Å²) in [5.41, 5.74) is 1.57. The minimum Gasteiger partial charge on any atom is -0.354 e. The predicted molar refractivity (Wildman–Crippen MR) is 105 cm³/mol. The molecule has 0 N–H and O–H groups in total. The Hall–Kier alpha value is -2.59. The molecule has 4 heterocycles. The van der Waals surface area contributed by atoms with E-state index in [4.69, 9.17) is 0 Å². The minimum atomic E-state index is -3.83. The molecule has 0 saturated carbocycles. The number of halogens is 1. The van der Waals surface area contributed by atoms with Crippen LogP contribution in [0.3, 0.4) is 0 Å². The maximum Gasteiger partial charge on any atom is 0.246 e. The first-order valence-corrected chi connectivity index (χ1v) is 11.1. The summed E-state index contributed by atoms with van der Waals surface area (Å²) in [5.74, 6) is 0.436. The number of anilines is 1. The van der Waals surface area contributed by atoms with E-state index in [1.807, 2.05) is 11.5 Å². The highest BCUT2D eigenvalue weighted by Gasteiger charge is 2.45. The van der Waals surface area contributed by atoms with E-state index in [0.717, 1.165) is 23.5 Å². The normalized spacial score (nSPS) is 22.5. The van der Waals surface area contributed by atoms with Crippen LogP contribution in [0.25, 0.3) is 11.2 Å². The molecule has 2 aliphatic rings. The number of imidazole rings is 1. The second kappa shape index (κ2) is 6.74. The van der Waals surface area contributed by atoms with Gasteiger partial charge in [0, 0.05) is 32.7 Å². The number of aromatic nitrogens is 4. The van der Waals surface area contributed by atoms with Crippen molar-refractivity contribution in [3.63, 3.8) is 0 Å². The second-order valence-electron chi connectivity index (χ2n) is 7.58. The lowest BCUT2D eigenvalue weighted by atomic mass is 10.0. The summed E-state index contributed by atoms with van der Waals surface area (Å²) in [6.07, 6.45) is 3.32. The third kappa shape index (κ3) is 2.89. The van der Waals surface area contributed by atoms with Gasteiger partial charge >= 0.3 is 0 Å². The summed E-state index contributed by atoms with van der Waals surface area (Å²) >= 11 is 0. The van der Waals surface area contributed by atoms with Gasteiger partial charge in [-0.1, -0.05) is 12.1 Å². The fourth-order valence-corrected chi connectivity index (χ4v) is 6.06. The van der Waals surface area contributed by atoms with E-state index < -0.39 is 15.8 Å². The Kier molecular flexibility index (Phi) is 4.28. The topological polar surface area (TPSA) is 84.2 Å². The lowest BCUT2D eigenvalue weighted by Gasteiger charge is -2.22. The molecule has 2 aliphatic heterocycles. The summed E-state index contributed by atoms with van der Waals surface area (Å²) in [5, 5.41) is 0. The molecule has 152 valence electrons. The fourth-order valence-electron chi connectivity index (χ4n) is 4.44. The van der Waals surface area contributed by atoms with Gasteiger partial charge in [0.2, 0.25) is 10.0 Å². The Morgan fingerprint density at radius 2 is 1.79 bits per heavy atom. The Labute approximate surface area is 168 Å². The Bertz CT molecular complexity index is 1170. The average molecular weight is 416 g/mol. The highest BCUT2D eigenvalue weighted by atomic mass is 32.2. The van der Waals surface area contributed by atoms with Crippen LogP contribution >= 0.6 is 0 Å². The molecule has 0 radical (unpaired) electrons. The first kappa shape index (κ1) is 18.4. The van der Waals surface area contributed by atoms with Gasteiger partial charge in [0.1, 0.15) is 17.0 Å². The highest BCUT2D eigenvalue weighted by molar-refractivity contribution is 7.89. The van der Waals surface area contributed by atoms with Crippen molar-refractivity contribution in [3.8, 4) is 0 Å². The maximum atomic E-state index is 14.1. The summed E-state index contributed by atoms with van der Waals surface area (Å²) in [6, 6.07) is 5.55. The Balaban J connectivity index is 1.37. The Morgan fingerprint density at radius 3 is 2.48 bits per heavy atom. The van der Waals surface area contributed by atoms with E-state index in [2.05, 4.69) is 19.9 Å². The molecule has 2 saturated heterocycles. The van der Waals surface area contributed by atoms with Crippen LogP contribution in [0.1, 0.15) is 6.92 Å². The lowest BCUT2D eigenvalue weighted by molar-refractivity contribution is 0.447. The molecule has 0 bridgehead atoms. The van der Waals surface area contributed by atoms with Crippen molar-refractivity contribution in [3.05, 3.63) is 42.7 Å². The van der Waals surface area contributed by atoms with E-state index in [-0.39, 0.29) is 16.7 Å². The first-order chi connectivity index (χ1) is 14.0. The van der Waals surface area contributed by atoms with Crippen molar-refractivity contribution in [1.82, 2.24) is 23.8 Å². The molecule has 2 unspecified atom stereocenters. The zero-order valence-electron chi connectivity index (χ0n) is 15.9. The molecule has 8 nitrogen and oxygen atoms in total. The number of nitrogens with zero attached hydrogens (tertiary/aromatic N) is 6. The molecule has 29 heavy (non-hydrogen) atoms. The minimum absolute atomic E-state index is 0.176.